The van der Waals surface area contributed by atoms with Crippen LogP contribution in [0.1, 0.15) is 11.9 Å². The molecule has 3 rings (SSSR count). The van der Waals surface area contributed by atoms with Crippen LogP contribution in [0.15, 0.2) is 29.2 Å². The Morgan fingerprint density at radius 2 is 1.75 bits per heavy atom. The lowest BCUT2D eigenvalue weighted by Gasteiger charge is -2.48. The molecule has 0 unspecified atom stereocenters. The molecule has 6 atom stereocenters. The number of hydrogen-bond acceptors (Lipinski definition) is 7. The minimum Gasteiger partial charge on any atom is -0.376 e. The van der Waals surface area contributed by atoms with E-state index in [1.54, 1.807) is 33.1 Å². The first-order valence-electron chi connectivity index (χ1n) is 7.87. The molecule has 0 N–H and O–H groups in total. The van der Waals surface area contributed by atoms with Crippen LogP contribution in [0, 0.1) is 0 Å². The third kappa shape index (κ3) is 3.35. The van der Waals surface area contributed by atoms with Crippen molar-refractivity contribution in [2.45, 2.75) is 41.9 Å². The van der Waals surface area contributed by atoms with Gasteiger partial charge in [0.1, 0.15) is 24.4 Å². The van der Waals surface area contributed by atoms with Gasteiger partial charge in [0.15, 0.2) is 12.6 Å². The second-order valence-electron chi connectivity index (χ2n) is 5.69. The molecule has 134 valence electrons. The molecule has 2 heterocycles. The van der Waals surface area contributed by atoms with E-state index in [4.69, 9.17) is 28.4 Å². The Hall–Kier alpha value is -0.670. The molecule has 2 saturated heterocycles. The molecule has 2 fully saturated rings. The number of thioether (sulfide) groups is 1. The number of rotatable bonds is 5. The molecule has 2 aliphatic heterocycles. The van der Waals surface area contributed by atoms with Gasteiger partial charge < -0.3 is 28.4 Å². The smallest absolute Gasteiger partial charge is 0.186 e. The third-order valence-electron chi connectivity index (χ3n) is 4.45. The van der Waals surface area contributed by atoms with Gasteiger partial charge in [-0.2, -0.15) is 0 Å². The normalized spacial score (nSPS) is 36.3. The zero-order valence-electron chi connectivity index (χ0n) is 14.3. The lowest BCUT2D eigenvalue weighted by molar-refractivity contribution is -0.363. The van der Waals surface area contributed by atoms with Gasteiger partial charge >= 0.3 is 0 Å². The standard InChI is InChI=1S/C17H24O6S/c1-18-14-13-11(22-17(20-3)15(14)19-2)9-21-16(23-13)10-7-5-6-8-12(10)24-4/h5-8,11,13-17H,9H2,1-4H3/t11-,13-,14+,15-,16-,17+/m1/s1. The van der Waals surface area contributed by atoms with E-state index in [2.05, 4.69) is 6.07 Å². The van der Waals surface area contributed by atoms with E-state index in [-0.39, 0.29) is 24.4 Å². The molecule has 0 aliphatic carbocycles. The number of benzene rings is 1. The highest BCUT2D eigenvalue weighted by atomic mass is 32.2. The molecule has 0 saturated carbocycles. The first kappa shape index (κ1) is 18.1. The molecule has 7 heteroatoms. The quantitative estimate of drug-likeness (QED) is 0.750. The van der Waals surface area contributed by atoms with Gasteiger partial charge in [0, 0.05) is 31.8 Å². The summed E-state index contributed by atoms with van der Waals surface area (Å²) in [5, 5.41) is 0. The maximum absolute atomic E-state index is 6.23. The van der Waals surface area contributed by atoms with Gasteiger partial charge in [0.25, 0.3) is 0 Å². The zero-order valence-corrected chi connectivity index (χ0v) is 15.2. The fourth-order valence-electron chi connectivity index (χ4n) is 3.27. The molecular formula is C17H24O6S. The summed E-state index contributed by atoms with van der Waals surface area (Å²) in [4.78, 5) is 1.13. The summed E-state index contributed by atoms with van der Waals surface area (Å²) in [6.45, 7) is 0.411. The van der Waals surface area contributed by atoms with Crippen molar-refractivity contribution in [3.63, 3.8) is 0 Å². The number of hydrogen-bond donors (Lipinski definition) is 0. The minimum atomic E-state index is -0.511. The van der Waals surface area contributed by atoms with Gasteiger partial charge in [-0.3, -0.25) is 0 Å². The molecule has 6 nitrogen and oxygen atoms in total. The van der Waals surface area contributed by atoms with Crippen molar-refractivity contribution in [2.24, 2.45) is 0 Å². The second kappa shape index (κ2) is 8.14. The van der Waals surface area contributed by atoms with Crippen molar-refractivity contribution < 1.29 is 28.4 Å². The van der Waals surface area contributed by atoms with Gasteiger partial charge in [0.2, 0.25) is 0 Å². The second-order valence-corrected chi connectivity index (χ2v) is 6.54. The van der Waals surface area contributed by atoms with E-state index in [0.29, 0.717) is 6.61 Å². The van der Waals surface area contributed by atoms with E-state index in [0.717, 1.165) is 10.5 Å². The Morgan fingerprint density at radius 3 is 2.42 bits per heavy atom. The largest absolute Gasteiger partial charge is 0.376 e. The molecular weight excluding hydrogens is 332 g/mol. The van der Waals surface area contributed by atoms with E-state index in [1.165, 1.54) is 0 Å². The van der Waals surface area contributed by atoms with Crippen molar-refractivity contribution in [2.75, 3.05) is 34.2 Å². The van der Waals surface area contributed by atoms with Crippen LogP contribution in [0.4, 0.5) is 0 Å². The van der Waals surface area contributed by atoms with Crippen molar-refractivity contribution in [1.82, 2.24) is 0 Å². The average molecular weight is 356 g/mol. The van der Waals surface area contributed by atoms with E-state index in [1.807, 2.05) is 24.5 Å². The van der Waals surface area contributed by atoms with Crippen LogP contribution in [0.3, 0.4) is 0 Å². The molecule has 0 amide bonds. The third-order valence-corrected chi connectivity index (χ3v) is 5.26. The molecule has 1 aromatic carbocycles. The van der Waals surface area contributed by atoms with Crippen molar-refractivity contribution in [3.05, 3.63) is 29.8 Å². The summed E-state index contributed by atoms with van der Waals surface area (Å²) in [5.74, 6) is 0. The summed E-state index contributed by atoms with van der Waals surface area (Å²) in [5.41, 5.74) is 1.01. The lowest BCUT2D eigenvalue weighted by Crippen LogP contribution is -2.63. The van der Waals surface area contributed by atoms with Crippen LogP contribution >= 0.6 is 11.8 Å². The molecule has 0 bridgehead atoms. The highest BCUT2D eigenvalue weighted by Gasteiger charge is 2.51. The van der Waals surface area contributed by atoms with Gasteiger partial charge in [-0.25, -0.2) is 0 Å². The van der Waals surface area contributed by atoms with Gasteiger partial charge in [0.05, 0.1) is 6.61 Å². The summed E-state index contributed by atoms with van der Waals surface area (Å²) in [6, 6.07) is 8.07. The molecule has 2 aliphatic rings. The fourth-order valence-corrected chi connectivity index (χ4v) is 3.89. The molecule has 0 spiro atoms. The SMILES string of the molecule is CO[C@H]1O[C@@H]2CO[C@@H](c3ccccc3SC)O[C@H]2[C@H](OC)[C@H]1OC. The van der Waals surface area contributed by atoms with Crippen molar-refractivity contribution >= 4 is 11.8 Å². The van der Waals surface area contributed by atoms with Crippen LogP contribution in [-0.2, 0) is 28.4 Å². The van der Waals surface area contributed by atoms with Crippen LogP contribution in [0.2, 0.25) is 0 Å². The van der Waals surface area contributed by atoms with Crippen LogP contribution in [0.25, 0.3) is 0 Å². The van der Waals surface area contributed by atoms with Crippen LogP contribution in [0.5, 0.6) is 0 Å². The topological polar surface area (TPSA) is 55.4 Å². The number of methoxy groups -OCH3 is 3. The molecule has 0 radical (unpaired) electrons. The first-order valence-corrected chi connectivity index (χ1v) is 9.09. The van der Waals surface area contributed by atoms with Crippen molar-refractivity contribution in [3.8, 4) is 0 Å². The summed E-state index contributed by atoms with van der Waals surface area (Å²) in [7, 11) is 4.85. The zero-order chi connectivity index (χ0) is 17.1. The Bertz CT molecular complexity index is 542. The number of ether oxygens (including phenoxy) is 6. The van der Waals surface area contributed by atoms with E-state index in [9.17, 15) is 0 Å². The lowest BCUT2D eigenvalue weighted by atomic mass is 9.97. The maximum Gasteiger partial charge on any atom is 0.186 e. The monoisotopic (exact) mass is 356 g/mol. The van der Waals surface area contributed by atoms with E-state index < -0.39 is 12.6 Å². The predicted molar refractivity (Wildman–Crippen MR) is 89.1 cm³/mol. The highest BCUT2D eigenvalue weighted by molar-refractivity contribution is 7.98. The Morgan fingerprint density at radius 1 is 1.00 bits per heavy atom. The summed E-state index contributed by atoms with van der Waals surface area (Å²) >= 11 is 1.67. The maximum atomic E-state index is 6.23. The summed E-state index contributed by atoms with van der Waals surface area (Å²) in [6.07, 6.45) is -0.140. The van der Waals surface area contributed by atoms with Gasteiger partial charge in [-0.1, -0.05) is 18.2 Å². The Labute approximate surface area is 146 Å². The first-order chi connectivity index (χ1) is 11.7. The molecule has 0 aromatic heterocycles. The van der Waals surface area contributed by atoms with Crippen LogP contribution in [-0.4, -0.2) is 64.9 Å². The fraction of sp³-hybridized carbons (Fsp3) is 0.647. The van der Waals surface area contributed by atoms with Gasteiger partial charge in [-0.05, 0) is 12.3 Å². The van der Waals surface area contributed by atoms with Gasteiger partial charge in [-0.15, -0.1) is 11.8 Å². The highest BCUT2D eigenvalue weighted by Crippen LogP contribution is 2.38. The molecule has 24 heavy (non-hydrogen) atoms. The minimum absolute atomic E-state index is 0.260. The summed E-state index contributed by atoms with van der Waals surface area (Å²) < 4.78 is 34.7. The Balaban J connectivity index is 1.82. The average Bonchev–Trinajstić information content (AvgIpc) is 2.65. The van der Waals surface area contributed by atoms with Crippen molar-refractivity contribution in [1.29, 1.82) is 0 Å². The van der Waals surface area contributed by atoms with E-state index >= 15 is 0 Å². The van der Waals surface area contributed by atoms with Crippen LogP contribution < -0.4 is 0 Å². The number of fused-ring (bicyclic) bond motifs is 1. The predicted octanol–water partition coefficient (Wildman–Crippen LogP) is 2.22. The Kier molecular flexibility index (Phi) is 6.15. The molecule has 1 aromatic rings.